The van der Waals surface area contributed by atoms with Gasteiger partial charge in [-0.3, -0.25) is 4.79 Å². The van der Waals surface area contributed by atoms with E-state index >= 15 is 0 Å². The van der Waals surface area contributed by atoms with E-state index in [1.165, 1.54) is 10.9 Å². The van der Waals surface area contributed by atoms with E-state index < -0.39 is 5.56 Å². The van der Waals surface area contributed by atoms with Gasteiger partial charge in [-0.2, -0.15) is 9.78 Å². The fourth-order valence-electron chi connectivity index (χ4n) is 2.05. The van der Waals surface area contributed by atoms with Crippen LogP contribution in [0.3, 0.4) is 0 Å². The van der Waals surface area contributed by atoms with Crippen LogP contribution in [0.1, 0.15) is 20.3 Å². The van der Waals surface area contributed by atoms with Crippen molar-refractivity contribution >= 4 is 28.9 Å². The molecule has 1 aromatic heterocycles. The molecular formula is C16H19Cl2N3O2. The summed E-state index contributed by atoms with van der Waals surface area (Å²) in [6.45, 7) is 4.72. The second-order valence-electron chi connectivity index (χ2n) is 6.06. The lowest BCUT2D eigenvalue weighted by molar-refractivity contribution is 0.220. The summed E-state index contributed by atoms with van der Waals surface area (Å²) < 4.78 is 1.22. The molecular weight excluding hydrogens is 337 g/mol. The maximum Gasteiger partial charge on any atom is 0.292 e. The van der Waals surface area contributed by atoms with Crippen LogP contribution in [0.5, 0.6) is 0 Å². The quantitative estimate of drug-likeness (QED) is 0.833. The van der Waals surface area contributed by atoms with Gasteiger partial charge in [0, 0.05) is 18.2 Å². The van der Waals surface area contributed by atoms with Crippen molar-refractivity contribution in [3.8, 4) is 5.69 Å². The van der Waals surface area contributed by atoms with Crippen molar-refractivity contribution in [3.05, 3.63) is 50.9 Å². The van der Waals surface area contributed by atoms with E-state index in [0.717, 1.165) is 0 Å². The van der Waals surface area contributed by atoms with Crippen molar-refractivity contribution in [2.45, 2.75) is 20.3 Å². The molecule has 0 radical (unpaired) electrons. The number of nitrogens with zero attached hydrogens (tertiary/aromatic N) is 2. The molecule has 2 aromatic rings. The third-order valence-corrected chi connectivity index (χ3v) is 4.15. The van der Waals surface area contributed by atoms with Gasteiger partial charge in [-0.25, -0.2) is 0 Å². The fourth-order valence-corrected chi connectivity index (χ4v) is 2.37. The van der Waals surface area contributed by atoms with Crippen molar-refractivity contribution in [1.29, 1.82) is 0 Å². The normalized spacial score (nSPS) is 11.5. The van der Waals surface area contributed by atoms with Crippen molar-refractivity contribution in [2.75, 3.05) is 18.5 Å². The molecule has 5 nitrogen and oxygen atoms in total. The average Bonchev–Trinajstić information content (AvgIpc) is 2.50. The molecule has 23 heavy (non-hydrogen) atoms. The molecule has 124 valence electrons. The molecule has 0 fully saturated rings. The van der Waals surface area contributed by atoms with Gasteiger partial charge in [-0.1, -0.05) is 37.0 Å². The van der Waals surface area contributed by atoms with Gasteiger partial charge in [0.05, 0.1) is 17.6 Å². The van der Waals surface area contributed by atoms with Crippen LogP contribution in [-0.2, 0) is 0 Å². The van der Waals surface area contributed by atoms with Gasteiger partial charge in [0.2, 0.25) is 0 Å². The van der Waals surface area contributed by atoms with Crippen LogP contribution in [-0.4, -0.2) is 28.0 Å². The number of aliphatic hydroxyl groups excluding tert-OH is 1. The summed E-state index contributed by atoms with van der Waals surface area (Å²) in [4.78, 5) is 12.4. The van der Waals surface area contributed by atoms with Gasteiger partial charge in [0.15, 0.2) is 0 Å². The molecule has 2 N–H and O–H groups in total. The highest BCUT2D eigenvalue weighted by atomic mass is 35.5. The van der Waals surface area contributed by atoms with Crippen LogP contribution in [0.2, 0.25) is 10.0 Å². The Bertz CT molecular complexity index is 727. The summed E-state index contributed by atoms with van der Waals surface area (Å²) in [7, 11) is 0. The third kappa shape index (κ3) is 4.47. The van der Waals surface area contributed by atoms with Crippen LogP contribution >= 0.6 is 23.2 Å². The van der Waals surface area contributed by atoms with Gasteiger partial charge in [0.1, 0.15) is 5.02 Å². The first-order chi connectivity index (χ1) is 10.8. The summed E-state index contributed by atoms with van der Waals surface area (Å²) in [6, 6.07) is 6.76. The van der Waals surface area contributed by atoms with E-state index in [2.05, 4.69) is 10.4 Å². The number of hydrogen-bond acceptors (Lipinski definition) is 4. The first-order valence-electron chi connectivity index (χ1n) is 7.22. The Morgan fingerprint density at radius 3 is 2.52 bits per heavy atom. The molecule has 1 aromatic carbocycles. The van der Waals surface area contributed by atoms with Crippen LogP contribution in [0.4, 0.5) is 5.69 Å². The van der Waals surface area contributed by atoms with Crippen molar-refractivity contribution < 1.29 is 5.11 Å². The standard InChI is InChI=1S/C16H19Cl2N3O2/c1-16(2,7-8-22)10-19-13-9-20-21(15(23)14(13)18)12-5-3-11(17)4-6-12/h3-6,9,19,22H,7-8,10H2,1-2H3. The maximum atomic E-state index is 12.4. The fraction of sp³-hybridized carbons (Fsp3) is 0.375. The van der Waals surface area contributed by atoms with Crippen molar-refractivity contribution in [2.24, 2.45) is 5.41 Å². The van der Waals surface area contributed by atoms with Crippen LogP contribution < -0.4 is 10.9 Å². The number of aromatic nitrogens is 2. The molecule has 0 aliphatic heterocycles. The largest absolute Gasteiger partial charge is 0.396 e. The number of nitrogens with one attached hydrogen (secondary N) is 1. The summed E-state index contributed by atoms with van der Waals surface area (Å²) in [6.07, 6.45) is 2.17. The number of halogens is 2. The minimum atomic E-state index is -0.404. The zero-order chi connectivity index (χ0) is 17.0. The zero-order valence-corrected chi connectivity index (χ0v) is 14.5. The number of hydrogen-bond donors (Lipinski definition) is 2. The van der Waals surface area contributed by atoms with Crippen molar-refractivity contribution in [1.82, 2.24) is 9.78 Å². The lowest BCUT2D eigenvalue weighted by Gasteiger charge is -2.24. The summed E-state index contributed by atoms with van der Waals surface area (Å²) in [5.74, 6) is 0. The number of rotatable bonds is 6. The monoisotopic (exact) mass is 355 g/mol. The highest BCUT2D eigenvalue weighted by Gasteiger charge is 2.18. The van der Waals surface area contributed by atoms with Crippen LogP contribution in [0.25, 0.3) is 5.69 Å². The molecule has 0 atom stereocenters. The smallest absolute Gasteiger partial charge is 0.292 e. The third-order valence-electron chi connectivity index (χ3n) is 3.54. The Balaban J connectivity index is 2.24. The van der Waals surface area contributed by atoms with Gasteiger partial charge in [-0.15, -0.1) is 0 Å². The molecule has 1 heterocycles. The maximum absolute atomic E-state index is 12.4. The van der Waals surface area contributed by atoms with Gasteiger partial charge < -0.3 is 10.4 Å². The van der Waals surface area contributed by atoms with Gasteiger partial charge in [-0.05, 0) is 36.1 Å². The Labute approximate surface area is 144 Å². The lowest BCUT2D eigenvalue weighted by Crippen LogP contribution is -2.27. The number of anilines is 1. The first-order valence-corrected chi connectivity index (χ1v) is 7.98. The highest BCUT2D eigenvalue weighted by molar-refractivity contribution is 6.33. The molecule has 0 amide bonds. The highest BCUT2D eigenvalue weighted by Crippen LogP contribution is 2.23. The van der Waals surface area contributed by atoms with Crippen LogP contribution in [0.15, 0.2) is 35.3 Å². The van der Waals surface area contributed by atoms with Crippen LogP contribution in [0, 0.1) is 5.41 Å². The Morgan fingerprint density at radius 2 is 1.91 bits per heavy atom. The summed E-state index contributed by atoms with van der Waals surface area (Å²) in [5, 5.41) is 17.0. The van der Waals surface area contributed by atoms with E-state index in [9.17, 15) is 4.79 Å². The zero-order valence-electron chi connectivity index (χ0n) is 13.0. The van der Waals surface area contributed by atoms with E-state index in [1.54, 1.807) is 24.3 Å². The molecule has 0 spiro atoms. The van der Waals surface area contributed by atoms with Crippen molar-refractivity contribution in [3.63, 3.8) is 0 Å². The van der Waals surface area contributed by atoms with E-state index in [0.29, 0.717) is 29.4 Å². The topological polar surface area (TPSA) is 67.2 Å². The Hall–Kier alpha value is -1.56. The minimum Gasteiger partial charge on any atom is -0.396 e. The number of benzene rings is 1. The predicted octanol–water partition coefficient (Wildman–Crippen LogP) is 3.36. The Kier molecular flexibility index (Phi) is 5.68. The van der Waals surface area contributed by atoms with E-state index in [-0.39, 0.29) is 17.0 Å². The van der Waals surface area contributed by atoms with E-state index in [4.69, 9.17) is 28.3 Å². The molecule has 0 saturated carbocycles. The summed E-state index contributed by atoms with van der Waals surface area (Å²) in [5.41, 5.74) is 0.545. The second kappa shape index (κ2) is 7.34. The number of aliphatic hydroxyl groups is 1. The lowest BCUT2D eigenvalue weighted by atomic mass is 9.90. The first kappa shape index (κ1) is 17.8. The molecule has 7 heteroatoms. The molecule has 0 aliphatic rings. The SMILES string of the molecule is CC(C)(CCO)CNc1cnn(-c2ccc(Cl)cc2)c(=O)c1Cl. The Morgan fingerprint density at radius 1 is 1.26 bits per heavy atom. The van der Waals surface area contributed by atoms with E-state index in [1.807, 2.05) is 13.8 Å². The molecule has 2 rings (SSSR count). The minimum absolute atomic E-state index is 0.0785. The van der Waals surface area contributed by atoms with Gasteiger partial charge >= 0.3 is 0 Å². The predicted molar refractivity (Wildman–Crippen MR) is 93.8 cm³/mol. The molecule has 0 saturated heterocycles. The molecule has 0 bridgehead atoms. The average molecular weight is 356 g/mol. The van der Waals surface area contributed by atoms with Gasteiger partial charge in [0.25, 0.3) is 5.56 Å². The second-order valence-corrected chi connectivity index (χ2v) is 6.87. The molecule has 0 aliphatic carbocycles. The summed E-state index contributed by atoms with van der Waals surface area (Å²) >= 11 is 12.0. The molecule has 0 unspecified atom stereocenters.